The van der Waals surface area contributed by atoms with Gasteiger partial charge in [0, 0.05) is 16.3 Å². The number of nitrogens with zero attached hydrogens (tertiary/aromatic N) is 1. The number of hydrogen-bond donors (Lipinski definition) is 3. The van der Waals surface area contributed by atoms with Gasteiger partial charge in [0.1, 0.15) is 17.5 Å². The van der Waals surface area contributed by atoms with E-state index in [1.165, 1.54) is 19.4 Å². The average molecular weight is 348 g/mol. The number of phenolic OH excluding ortho intramolecular Hbond substituents is 1. The van der Waals surface area contributed by atoms with Crippen LogP contribution in [0.15, 0.2) is 47.6 Å². The number of amides is 1. The molecule has 0 saturated heterocycles. The Morgan fingerprint density at radius 1 is 1.29 bits per heavy atom. The topological polar surface area (TPSA) is 83.0 Å². The fourth-order valence-corrected chi connectivity index (χ4v) is 2.01. The van der Waals surface area contributed by atoms with Crippen LogP contribution in [0.25, 0.3) is 0 Å². The number of ether oxygens (including phenoxy) is 1. The van der Waals surface area contributed by atoms with Crippen molar-refractivity contribution in [1.82, 2.24) is 5.43 Å². The molecular weight excluding hydrogens is 330 g/mol. The van der Waals surface area contributed by atoms with E-state index in [0.29, 0.717) is 16.3 Å². The number of hydrogen-bond acceptors (Lipinski definition) is 5. The second-order valence-electron chi connectivity index (χ2n) is 5.03. The molecule has 0 aromatic heterocycles. The summed E-state index contributed by atoms with van der Waals surface area (Å²) in [7, 11) is 1.53. The third kappa shape index (κ3) is 4.89. The van der Waals surface area contributed by atoms with E-state index in [1.54, 1.807) is 43.3 Å². The van der Waals surface area contributed by atoms with Crippen LogP contribution in [0.3, 0.4) is 0 Å². The molecule has 0 aliphatic heterocycles. The van der Waals surface area contributed by atoms with Crippen molar-refractivity contribution in [3.05, 3.63) is 53.1 Å². The minimum Gasteiger partial charge on any atom is -0.507 e. The number of nitrogens with one attached hydrogen (secondary N) is 2. The summed E-state index contributed by atoms with van der Waals surface area (Å²) in [6.45, 7) is 1.71. The van der Waals surface area contributed by atoms with Gasteiger partial charge in [-0.3, -0.25) is 4.79 Å². The van der Waals surface area contributed by atoms with Gasteiger partial charge in [-0.05, 0) is 49.4 Å². The Morgan fingerprint density at radius 3 is 2.67 bits per heavy atom. The number of rotatable bonds is 6. The monoisotopic (exact) mass is 347 g/mol. The second-order valence-corrected chi connectivity index (χ2v) is 5.47. The van der Waals surface area contributed by atoms with Gasteiger partial charge in [0.25, 0.3) is 5.91 Å². The summed E-state index contributed by atoms with van der Waals surface area (Å²) in [5, 5.41) is 17.3. The van der Waals surface area contributed by atoms with Crippen molar-refractivity contribution in [1.29, 1.82) is 0 Å². The lowest BCUT2D eigenvalue weighted by molar-refractivity contribution is -0.121. The zero-order valence-corrected chi connectivity index (χ0v) is 14.0. The molecule has 2 aromatic carbocycles. The van der Waals surface area contributed by atoms with Crippen LogP contribution < -0.4 is 15.5 Å². The van der Waals surface area contributed by atoms with Crippen molar-refractivity contribution in [2.75, 3.05) is 12.4 Å². The van der Waals surface area contributed by atoms with Crippen molar-refractivity contribution in [3.8, 4) is 11.5 Å². The molecule has 7 heteroatoms. The van der Waals surface area contributed by atoms with E-state index < -0.39 is 6.04 Å². The summed E-state index contributed by atoms with van der Waals surface area (Å²) < 4.78 is 5.07. The van der Waals surface area contributed by atoms with Gasteiger partial charge in [0.15, 0.2) is 0 Å². The molecule has 0 heterocycles. The van der Waals surface area contributed by atoms with Crippen LogP contribution in [0.1, 0.15) is 12.5 Å². The van der Waals surface area contributed by atoms with Gasteiger partial charge in [-0.1, -0.05) is 11.6 Å². The molecule has 0 fully saturated rings. The molecule has 126 valence electrons. The van der Waals surface area contributed by atoms with Gasteiger partial charge in [-0.15, -0.1) is 0 Å². The molecule has 0 radical (unpaired) electrons. The highest BCUT2D eigenvalue weighted by atomic mass is 35.5. The van der Waals surface area contributed by atoms with Gasteiger partial charge in [0.2, 0.25) is 0 Å². The predicted molar refractivity (Wildman–Crippen MR) is 94.9 cm³/mol. The average Bonchev–Trinajstić information content (AvgIpc) is 2.58. The smallest absolute Gasteiger partial charge is 0.262 e. The van der Waals surface area contributed by atoms with Gasteiger partial charge in [0.05, 0.1) is 13.3 Å². The normalized spacial score (nSPS) is 12.0. The molecule has 0 aliphatic rings. The van der Waals surface area contributed by atoms with Crippen molar-refractivity contribution in [3.63, 3.8) is 0 Å². The first-order chi connectivity index (χ1) is 11.5. The van der Waals surface area contributed by atoms with Crippen LogP contribution in [-0.4, -0.2) is 30.4 Å². The molecule has 0 bridgehead atoms. The van der Waals surface area contributed by atoms with Crippen molar-refractivity contribution in [2.45, 2.75) is 13.0 Å². The molecule has 24 heavy (non-hydrogen) atoms. The molecular formula is C17H18ClN3O3. The van der Waals surface area contributed by atoms with Crippen LogP contribution >= 0.6 is 11.6 Å². The van der Waals surface area contributed by atoms with E-state index in [9.17, 15) is 9.90 Å². The quantitative estimate of drug-likeness (QED) is 0.554. The molecule has 3 N–H and O–H groups in total. The number of aromatic hydroxyl groups is 1. The maximum absolute atomic E-state index is 12.0. The maximum atomic E-state index is 12.0. The lowest BCUT2D eigenvalue weighted by Crippen LogP contribution is -2.34. The Morgan fingerprint density at radius 2 is 2.00 bits per heavy atom. The van der Waals surface area contributed by atoms with Gasteiger partial charge in [-0.2, -0.15) is 5.10 Å². The largest absolute Gasteiger partial charge is 0.507 e. The number of methoxy groups -OCH3 is 1. The number of carbonyl (C=O) groups is 1. The Balaban J connectivity index is 1.93. The van der Waals surface area contributed by atoms with Crippen LogP contribution in [0.5, 0.6) is 11.5 Å². The van der Waals surface area contributed by atoms with Crippen LogP contribution in [-0.2, 0) is 4.79 Å². The Hall–Kier alpha value is -2.73. The van der Waals surface area contributed by atoms with E-state index >= 15 is 0 Å². The van der Waals surface area contributed by atoms with Crippen LogP contribution in [0, 0.1) is 0 Å². The fourth-order valence-electron chi connectivity index (χ4n) is 1.89. The third-order valence-corrected chi connectivity index (χ3v) is 3.49. The number of hydrazone groups is 1. The molecule has 1 atom stereocenters. The molecule has 2 aromatic rings. The Labute approximate surface area is 145 Å². The lowest BCUT2D eigenvalue weighted by Gasteiger charge is -2.13. The molecule has 0 spiro atoms. The lowest BCUT2D eigenvalue weighted by atomic mass is 10.2. The standard InChI is InChI=1S/C17H18ClN3O3/c1-11(20-14-5-3-13(18)4-6-14)17(23)21-19-10-12-9-15(24-2)7-8-16(12)22/h3-11,20,22H,1-2H3,(H,21,23)/b19-10-/t11-/m1/s1. The van der Waals surface area contributed by atoms with E-state index in [-0.39, 0.29) is 11.7 Å². The SMILES string of the molecule is COc1ccc(O)c(/C=N\NC(=O)[C@@H](C)Nc2ccc(Cl)cc2)c1. The van der Waals surface area contributed by atoms with Gasteiger partial charge >= 0.3 is 0 Å². The van der Waals surface area contributed by atoms with Gasteiger partial charge in [-0.25, -0.2) is 5.43 Å². The van der Waals surface area contributed by atoms with E-state index in [4.69, 9.17) is 16.3 Å². The molecule has 0 saturated carbocycles. The first-order valence-electron chi connectivity index (χ1n) is 7.21. The maximum Gasteiger partial charge on any atom is 0.262 e. The highest BCUT2D eigenvalue weighted by Crippen LogP contribution is 2.21. The zero-order chi connectivity index (χ0) is 17.5. The molecule has 0 unspecified atom stereocenters. The summed E-state index contributed by atoms with van der Waals surface area (Å²) in [6, 6.07) is 11.3. The highest BCUT2D eigenvalue weighted by Gasteiger charge is 2.11. The van der Waals surface area contributed by atoms with E-state index in [1.807, 2.05) is 0 Å². The predicted octanol–water partition coefficient (Wildman–Crippen LogP) is 3.00. The van der Waals surface area contributed by atoms with E-state index in [2.05, 4.69) is 15.8 Å². The first-order valence-corrected chi connectivity index (χ1v) is 7.59. The third-order valence-electron chi connectivity index (χ3n) is 3.23. The van der Waals surface area contributed by atoms with Gasteiger partial charge < -0.3 is 15.2 Å². The first kappa shape index (κ1) is 17.6. The summed E-state index contributed by atoms with van der Waals surface area (Å²) in [5.74, 6) is 0.308. The van der Waals surface area contributed by atoms with Crippen molar-refractivity contribution < 1.29 is 14.6 Å². The summed E-state index contributed by atoms with van der Waals surface area (Å²) in [5.41, 5.74) is 3.63. The van der Waals surface area contributed by atoms with E-state index in [0.717, 1.165) is 5.69 Å². The Bertz CT molecular complexity index is 732. The van der Waals surface area contributed by atoms with Crippen molar-refractivity contribution >= 4 is 29.4 Å². The minimum absolute atomic E-state index is 0.0427. The summed E-state index contributed by atoms with van der Waals surface area (Å²) in [6.07, 6.45) is 1.35. The molecule has 1 amide bonds. The van der Waals surface area contributed by atoms with Crippen LogP contribution in [0.2, 0.25) is 5.02 Å². The highest BCUT2D eigenvalue weighted by molar-refractivity contribution is 6.30. The number of phenols is 1. The summed E-state index contributed by atoms with van der Waals surface area (Å²) in [4.78, 5) is 12.0. The molecule has 6 nitrogen and oxygen atoms in total. The van der Waals surface area contributed by atoms with Crippen molar-refractivity contribution in [2.24, 2.45) is 5.10 Å². The number of halogens is 1. The number of carbonyl (C=O) groups excluding carboxylic acids is 1. The van der Waals surface area contributed by atoms with Crippen LogP contribution in [0.4, 0.5) is 5.69 Å². The fraction of sp³-hybridized carbons (Fsp3) is 0.176. The summed E-state index contributed by atoms with van der Waals surface area (Å²) >= 11 is 5.82. The molecule has 0 aliphatic carbocycles. The second kappa shape index (κ2) is 8.21. The Kier molecular flexibility index (Phi) is 6.03. The molecule has 2 rings (SSSR count). The number of benzene rings is 2. The number of anilines is 1. The minimum atomic E-state index is -0.498. The zero-order valence-electron chi connectivity index (χ0n) is 13.3.